The highest BCUT2D eigenvalue weighted by atomic mass is 32.2. The number of nitrogens with zero attached hydrogens (tertiary/aromatic N) is 1. The Morgan fingerprint density at radius 2 is 2.05 bits per heavy atom. The highest BCUT2D eigenvalue weighted by Crippen LogP contribution is 2.22. The second kappa shape index (κ2) is 5.57. The van der Waals surface area contributed by atoms with Gasteiger partial charge in [-0.3, -0.25) is 9.89 Å². The van der Waals surface area contributed by atoms with E-state index in [1.54, 1.807) is 0 Å². The number of carbonyl (C=O) groups is 1. The van der Waals surface area contributed by atoms with Crippen molar-refractivity contribution in [2.24, 2.45) is 0 Å². The summed E-state index contributed by atoms with van der Waals surface area (Å²) in [5.41, 5.74) is 2.41. The van der Waals surface area contributed by atoms with Crippen molar-refractivity contribution >= 4 is 15.7 Å². The smallest absolute Gasteiger partial charge is 0.272 e. The number of hydrogen-bond acceptors (Lipinski definition) is 4. The van der Waals surface area contributed by atoms with Crippen molar-refractivity contribution in [2.45, 2.75) is 25.1 Å². The SMILES string of the molecule is C[C@H](NC(=O)c1n[nH]c2c1CS(=O)(=O)CC2)c1ccccc1. The zero-order valence-electron chi connectivity index (χ0n) is 12.2. The topological polar surface area (TPSA) is 91.9 Å². The Labute approximate surface area is 128 Å². The first kappa shape index (κ1) is 14.8. The lowest BCUT2D eigenvalue weighted by Gasteiger charge is -2.15. The van der Waals surface area contributed by atoms with Crippen molar-refractivity contribution in [3.8, 4) is 0 Å². The van der Waals surface area contributed by atoms with Gasteiger partial charge in [0.15, 0.2) is 15.5 Å². The first-order chi connectivity index (χ1) is 10.5. The van der Waals surface area contributed by atoms with Crippen LogP contribution in [0.25, 0.3) is 0 Å². The van der Waals surface area contributed by atoms with Gasteiger partial charge in [0.25, 0.3) is 5.91 Å². The fraction of sp³-hybridized carbons (Fsp3) is 0.333. The first-order valence-electron chi connectivity index (χ1n) is 7.08. The Balaban J connectivity index is 1.81. The zero-order chi connectivity index (χ0) is 15.7. The number of aromatic amines is 1. The lowest BCUT2D eigenvalue weighted by molar-refractivity contribution is 0.0934. The summed E-state index contributed by atoms with van der Waals surface area (Å²) in [6.45, 7) is 1.88. The molecule has 1 aromatic heterocycles. The molecule has 1 aliphatic rings. The van der Waals surface area contributed by atoms with E-state index < -0.39 is 9.84 Å². The Bertz CT molecular complexity index is 797. The van der Waals surface area contributed by atoms with Crippen LogP contribution in [-0.4, -0.2) is 30.3 Å². The third-order valence-corrected chi connectivity index (χ3v) is 5.40. The average Bonchev–Trinajstić information content (AvgIpc) is 2.89. The van der Waals surface area contributed by atoms with E-state index in [4.69, 9.17) is 0 Å². The molecule has 2 aromatic rings. The molecular formula is C15H17N3O3S. The molecule has 1 aliphatic heterocycles. The molecular weight excluding hydrogens is 302 g/mol. The van der Waals surface area contributed by atoms with Crippen LogP contribution in [0.4, 0.5) is 0 Å². The summed E-state index contributed by atoms with van der Waals surface area (Å²) in [7, 11) is -3.14. The Hall–Kier alpha value is -2.15. The Morgan fingerprint density at radius 1 is 1.32 bits per heavy atom. The molecule has 0 spiro atoms. The number of aryl methyl sites for hydroxylation is 1. The summed E-state index contributed by atoms with van der Waals surface area (Å²) in [6.07, 6.45) is 0.381. The maximum absolute atomic E-state index is 12.4. The van der Waals surface area contributed by atoms with Crippen molar-refractivity contribution in [2.75, 3.05) is 5.75 Å². The molecule has 3 rings (SSSR count). The minimum atomic E-state index is -3.14. The number of carbonyl (C=O) groups excluding carboxylic acids is 1. The molecule has 7 heteroatoms. The van der Waals surface area contributed by atoms with E-state index in [1.807, 2.05) is 37.3 Å². The van der Waals surface area contributed by atoms with Gasteiger partial charge in [-0.2, -0.15) is 5.10 Å². The van der Waals surface area contributed by atoms with Gasteiger partial charge in [0.05, 0.1) is 17.5 Å². The summed E-state index contributed by atoms with van der Waals surface area (Å²) >= 11 is 0. The summed E-state index contributed by atoms with van der Waals surface area (Å²) in [6, 6.07) is 9.39. The summed E-state index contributed by atoms with van der Waals surface area (Å²) in [4.78, 5) is 12.4. The summed E-state index contributed by atoms with van der Waals surface area (Å²) < 4.78 is 23.5. The highest BCUT2D eigenvalue weighted by Gasteiger charge is 2.29. The maximum Gasteiger partial charge on any atom is 0.272 e. The molecule has 0 unspecified atom stereocenters. The van der Waals surface area contributed by atoms with Crippen molar-refractivity contribution in [1.82, 2.24) is 15.5 Å². The molecule has 116 valence electrons. The minimum absolute atomic E-state index is 0.101. The van der Waals surface area contributed by atoms with Crippen LogP contribution in [0, 0.1) is 0 Å². The molecule has 2 heterocycles. The average molecular weight is 319 g/mol. The molecule has 0 bridgehead atoms. The first-order valence-corrected chi connectivity index (χ1v) is 8.91. The Morgan fingerprint density at radius 3 is 2.77 bits per heavy atom. The monoisotopic (exact) mass is 319 g/mol. The van der Waals surface area contributed by atoms with Crippen molar-refractivity contribution in [3.63, 3.8) is 0 Å². The number of hydrogen-bond donors (Lipinski definition) is 2. The number of rotatable bonds is 3. The quantitative estimate of drug-likeness (QED) is 0.894. The van der Waals surface area contributed by atoms with Crippen LogP contribution in [0.1, 0.15) is 40.3 Å². The maximum atomic E-state index is 12.4. The minimum Gasteiger partial charge on any atom is -0.344 e. The van der Waals surface area contributed by atoms with Crippen molar-refractivity contribution in [1.29, 1.82) is 0 Å². The lowest BCUT2D eigenvalue weighted by Crippen LogP contribution is -2.29. The van der Waals surface area contributed by atoms with E-state index in [9.17, 15) is 13.2 Å². The predicted octanol–water partition coefficient (Wildman–Crippen LogP) is 1.37. The molecule has 1 atom stereocenters. The third kappa shape index (κ3) is 2.89. The van der Waals surface area contributed by atoms with Crippen LogP contribution in [0.3, 0.4) is 0 Å². The predicted molar refractivity (Wildman–Crippen MR) is 82.1 cm³/mol. The molecule has 22 heavy (non-hydrogen) atoms. The Kier molecular flexibility index (Phi) is 3.74. The fourth-order valence-electron chi connectivity index (χ4n) is 2.59. The van der Waals surface area contributed by atoms with Gasteiger partial charge >= 0.3 is 0 Å². The van der Waals surface area contributed by atoms with Gasteiger partial charge in [-0.1, -0.05) is 30.3 Å². The molecule has 2 N–H and O–H groups in total. The third-order valence-electron chi connectivity index (χ3n) is 3.84. The molecule has 0 saturated heterocycles. The fourth-order valence-corrected chi connectivity index (χ4v) is 4.00. The normalized spacial score (nSPS) is 17.5. The molecule has 0 aliphatic carbocycles. The number of amides is 1. The number of sulfone groups is 1. The van der Waals surface area contributed by atoms with E-state index in [-0.39, 0.29) is 29.1 Å². The van der Waals surface area contributed by atoms with E-state index in [0.29, 0.717) is 12.0 Å². The largest absolute Gasteiger partial charge is 0.344 e. The summed E-state index contributed by atoms with van der Waals surface area (Å²) in [5.74, 6) is -0.378. The molecule has 0 fully saturated rings. The number of H-pyrrole nitrogens is 1. The van der Waals surface area contributed by atoms with E-state index >= 15 is 0 Å². The number of benzene rings is 1. The lowest BCUT2D eigenvalue weighted by atomic mass is 10.1. The van der Waals surface area contributed by atoms with Gasteiger partial charge in [-0.05, 0) is 12.5 Å². The van der Waals surface area contributed by atoms with Gasteiger partial charge < -0.3 is 5.32 Å². The van der Waals surface area contributed by atoms with Gasteiger partial charge in [0.2, 0.25) is 0 Å². The molecule has 1 amide bonds. The molecule has 6 nitrogen and oxygen atoms in total. The highest BCUT2D eigenvalue weighted by molar-refractivity contribution is 7.90. The van der Waals surface area contributed by atoms with E-state index in [0.717, 1.165) is 11.3 Å². The summed E-state index contributed by atoms with van der Waals surface area (Å²) in [5, 5.41) is 9.65. The van der Waals surface area contributed by atoms with E-state index in [2.05, 4.69) is 15.5 Å². The van der Waals surface area contributed by atoms with Crippen LogP contribution < -0.4 is 5.32 Å². The van der Waals surface area contributed by atoms with Gasteiger partial charge in [-0.15, -0.1) is 0 Å². The van der Waals surface area contributed by atoms with E-state index in [1.165, 1.54) is 0 Å². The second-order valence-corrected chi connectivity index (χ2v) is 7.66. The van der Waals surface area contributed by atoms with Crippen LogP contribution in [0.5, 0.6) is 0 Å². The van der Waals surface area contributed by atoms with Crippen LogP contribution in [0.2, 0.25) is 0 Å². The second-order valence-electron chi connectivity index (χ2n) is 5.48. The van der Waals surface area contributed by atoms with Gasteiger partial charge in [0, 0.05) is 17.7 Å². The van der Waals surface area contributed by atoms with Gasteiger partial charge in [0.1, 0.15) is 0 Å². The number of aromatic nitrogens is 2. The van der Waals surface area contributed by atoms with Crippen LogP contribution >= 0.6 is 0 Å². The molecule has 0 radical (unpaired) electrons. The van der Waals surface area contributed by atoms with Crippen LogP contribution in [0.15, 0.2) is 30.3 Å². The molecule has 1 aromatic carbocycles. The standard InChI is InChI=1S/C15H17N3O3S/c1-10(11-5-3-2-4-6-11)16-15(19)14-12-9-22(20,21)8-7-13(12)17-18-14/h2-6,10H,7-9H2,1H3,(H,16,19)(H,17,18)/t10-/m0/s1. The zero-order valence-corrected chi connectivity index (χ0v) is 13.0. The molecule has 0 saturated carbocycles. The number of nitrogens with one attached hydrogen (secondary N) is 2. The van der Waals surface area contributed by atoms with Gasteiger partial charge in [-0.25, -0.2) is 8.42 Å². The van der Waals surface area contributed by atoms with Crippen molar-refractivity contribution < 1.29 is 13.2 Å². The van der Waals surface area contributed by atoms with Crippen molar-refractivity contribution in [3.05, 3.63) is 52.8 Å². The number of fused-ring (bicyclic) bond motifs is 1. The van der Waals surface area contributed by atoms with Crippen LogP contribution in [-0.2, 0) is 22.0 Å².